The molecule has 0 aliphatic heterocycles. The number of anilines is 1. The molecular weight excluding hydrogens is 266 g/mol. The Kier molecular flexibility index (Phi) is 3.09. The van der Waals surface area contributed by atoms with Crippen LogP contribution in [0.2, 0.25) is 0 Å². The molecule has 0 aliphatic rings. The van der Waals surface area contributed by atoms with Gasteiger partial charge in [-0.15, -0.1) is 0 Å². The van der Waals surface area contributed by atoms with Gasteiger partial charge in [-0.25, -0.2) is 8.42 Å². The number of nitrogens with zero attached hydrogens (tertiary/aromatic N) is 2. The highest BCUT2D eigenvalue weighted by molar-refractivity contribution is 7.91. The highest BCUT2D eigenvalue weighted by Crippen LogP contribution is 2.29. The zero-order valence-electron chi connectivity index (χ0n) is 10.9. The molecule has 0 bridgehead atoms. The van der Waals surface area contributed by atoms with Crippen molar-refractivity contribution in [2.45, 2.75) is 18.6 Å². The van der Waals surface area contributed by atoms with Gasteiger partial charge < -0.3 is 10.3 Å². The monoisotopic (exact) mass is 281 g/mol. The summed E-state index contributed by atoms with van der Waals surface area (Å²) in [5.41, 5.74) is 6.94. The fourth-order valence-corrected chi connectivity index (χ4v) is 1.78. The van der Waals surface area contributed by atoms with Crippen molar-refractivity contribution >= 4 is 15.5 Å². The third-order valence-corrected chi connectivity index (χ3v) is 5.07. The van der Waals surface area contributed by atoms with Crippen LogP contribution in [0.25, 0.3) is 11.4 Å². The van der Waals surface area contributed by atoms with E-state index in [1.54, 1.807) is 24.3 Å². The minimum absolute atomic E-state index is 0.0711. The predicted molar refractivity (Wildman–Crippen MR) is 72.0 cm³/mol. The second-order valence-corrected chi connectivity index (χ2v) is 7.39. The van der Waals surface area contributed by atoms with Gasteiger partial charge in [0, 0.05) is 17.5 Å². The number of hydrogen-bond donors (Lipinski definition) is 1. The van der Waals surface area contributed by atoms with Crippen LogP contribution in [0.5, 0.6) is 0 Å². The summed E-state index contributed by atoms with van der Waals surface area (Å²) in [7, 11) is -3.35. The van der Waals surface area contributed by atoms with Gasteiger partial charge in [0.25, 0.3) is 0 Å². The topological polar surface area (TPSA) is 99.1 Å². The lowest BCUT2D eigenvalue weighted by atomic mass is 10.2. The van der Waals surface area contributed by atoms with E-state index < -0.39 is 14.6 Å². The molecule has 19 heavy (non-hydrogen) atoms. The van der Waals surface area contributed by atoms with Gasteiger partial charge in [-0.2, -0.15) is 4.98 Å². The molecule has 0 radical (unpaired) electrons. The molecule has 1 aromatic heterocycles. The summed E-state index contributed by atoms with van der Waals surface area (Å²) in [6.07, 6.45) is 1.14. The molecule has 7 heteroatoms. The van der Waals surface area contributed by atoms with Crippen LogP contribution in [0.1, 0.15) is 19.7 Å². The van der Waals surface area contributed by atoms with Crippen molar-refractivity contribution in [3.05, 3.63) is 30.2 Å². The Labute approximate surface area is 111 Å². The molecule has 0 fully saturated rings. The van der Waals surface area contributed by atoms with Crippen molar-refractivity contribution in [3.63, 3.8) is 0 Å². The number of aromatic nitrogens is 2. The molecule has 0 unspecified atom stereocenters. The first kappa shape index (κ1) is 13.5. The summed E-state index contributed by atoms with van der Waals surface area (Å²) in [6.45, 7) is 3.06. The quantitative estimate of drug-likeness (QED) is 0.858. The number of nitrogens with two attached hydrogens (primary N) is 1. The second-order valence-electron chi connectivity index (χ2n) is 4.83. The molecule has 0 amide bonds. The first-order chi connectivity index (χ1) is 8.72. The summed E-state index contributed by atoms with van der Waals surface area (Å²) >= 11 is 0. The highest BCUT2D eigenvalue weighted by atomic mass is 32.2. The van der Waals surface area contributed by atoms with Crippen LogP contribution in [0.4, 0.5) is 5.69 Å². The Bertz CT molecular complexity index is 687. The zero-order valence-corrected chi connectivity index (χ0v) is 11.7. The maximum atomic E-state index is 11.7. The van der Waals surface area contributed by atoms with Gasteiger partial charge >= 0.3 is 0 Å². The highest BCUT2D eigenvalue weighted by Gasteiger charge is 2.38. The number of nitrogen functional groups attached to an aromatic ring is 1. The Hall–Kier alpha value is -1.89. The lowest BCUT2D eigenvalue weighted by molar-refractivity contribution is 0.348. The average Bonchev–Trinajstić information content (AvgIpc) is 2.78. The fraction of sp³-hybridized carbons (Fsp3) is 0.333. The molecule has 0 saturated heterocycles. The number of rotatable bonds is 3. The van der Waals surface area contributed by atoms with Gasteiger partial charge in [0.2, 0.25) is 11.7 Å². The van der Waals surface area contributed by atoms with E-state index in [0.29, 0.717) is 17.1 Å². The normalized spacial score (nSPS) is 12.6. The minimum Gasteiger partial charge on any atom is -0.399 e. The molecule has 0 atom stereocenters. The molecule has 2 N–H and O–H groups in total. The van der Waals surface area contributed by atoms with Gasteiger partial charge in [0.1, 0.15) is 4.75 Å². The lowest BCUT2D eigenvalue weighted by Crippen LogP contribution is -2.28. The van der Waals surface area contributed by atoms with Crippen molar-refractivity contribution < 1.29 is 12.9 Å². The van der Waals surface area contributed by atoms with Crippen LogP contribution in [0.15, 0.2) is 28.8 Å². The van der Waals surface area contributed by atoms with Crippen molar-refractivity contribution in [2.75, 3.05) is 12.0 Å². The van der Waals surface area contributed by atoms with Gasteiger partial charge in [0.15, 0.2) is 9.84 Å². The summed E-state index contributed by atoms with van der Waals surface area (Å²) in [4.78, 5) is 4.15. The van der Waals surface area contributed by atoms with Crippen LogP contribution in [-0.4, -0.2) is 24.8 Å². The van der Waals surface area contributed by atoms with Crippen molar-refractivity contribution in [1.82, 2.24) is 10.1 Å². The van der Waals surface area contributed by atoms with Crippen molar-refractivity contribution in [3.8, 4) is 11.4 Å². The average molecular weight is 281 g/mol. The first-order valence-corrected chi connectivity index (χ1v) is 7.50. The molecule has 0 aliphatic carbocycles. The predicted octanol–water partition coefficient (Wildman–Crippen LogP) is 1.60. The van der Waals surface area contributed by atoms with Crippen LogP contribution in [0, 0.1) is 0 Å². The number of hydrogen-bond acceptors (Lipinski definition) is 6. The molecule has 6 nitrogen and oxygen atoms in total. The smallest absolute Gasteiger partial charge is 0.247 e. The lowest BCUT2D eigenvalue weighted by Gasteiger charge is -2.16. The maximum absolute atomic E-state index is 11.7. The molecule has 2 rings (SSSR count). The van der Waals surface area contributed by atoms with E-state index in [2.05, 4.69) is 10.1 Å². The summed E-state index contributed by atoms with van der Waals surface area (Å²) in [5, 5.41) is 3.80. The molecule has 1 heterocycles. The number of benzene rings is 1. The minimum atomic E-state index is -3.35. The van der Waals surface area contributed by atoms with Gasteiger partial charge in [0.05, 0.1) is 0 Å². The van der Waals surface area contributed by atoms with E-state index in [4.69, 9.17) is 10.3 Å². The Morgan fingerprint density at radius 2 is 1.79 bits per heavy atom. The molecule has 0 saturated carbocycles. The van der Waals surface area contributed by atoms with Gasteiger partial charge in [-0.3, -0.25) is 0 Å². The van der Waals surface area contributed by atoms with Gasteiger partial charge in [-0.1, -0.05) is 5.16 Å². The summed E-state index contributed by atoms with van der Waals surface area (Å²) in [5.74, 6) is 0.411. The van der Waals surface area contributed by atoms with Crippen LogP contribution in [0.3, 0.4) is 0 Å². The van der Waals surface area contributed by atoms with E-state index in [1.165, 1.54) is 13.8 Å². The van der Waals surface area contributed by atoms with E-state index in [9.17, 15) is 8.42 Å². The fourth-order valence-electron chi connectivity index (χ4n) is 1.38. The first-order valence-electron chi connectivity index (χ1n) is 5.61. The largest absolute Gasteiger partial charge is 0.399 e. The van der Waals surface area contributed by atoms with E-state index in [1.807, 2.05) is 0 Å². The number of sulfone groups is 1. The zero-order chi connectivity index (χ0) is 14.3. The Morgan fingerprint density at radius 1 is 1.21 bits per heavy atom. The standard InChI is InChI=1S/C12H15N3O3S/c1-12(2,19(3,16)17)11-14-10(15-18-11)8-4-6-9(13)7-5-8/h4-7H,13H2,1-3H3. The van der Waals surface area contributed by atoms with Crippen molar-refractivity contribution in [1.29, 1.82) is 0 Å². The molecule has 0 spiro atoms. The summed E-state index contributed by atoms with van der Waals surface area (Å²) < 4.78 is 27.3. The van der Waals surface area contributed by atoms with Crippen LogP contribution >= 0.6 is 0 Å². The third kappa shape index (κ3) is 2.46. The summed E-state index contributed by atoms with van der Waals surface area (Å²) in [6, 6.07) is 6.93. The van der Waals surface area contributed by atoms with Gasteiger partial charge in [-0.05, 0) is 38.1 Å². The van der Waals surface area contributed by atoms with E-state index >= 15 is 0 Å². The third-order valence-electron chi connectivity index (χ3n) is 3.04. The van der Waals surface area contributed by atoms with E-state index in [0.717, 1.165) is 6.26 Å². The molecule has 2 aromatic rings. The Morgan fingerprint density at radius 3 is 2.32 bits per heavy atom. The Balaban J connectivity index is 2.42. The molecular formula is C12H15N3O3S. The maximum Gasteiger partial charge on any atom is 0.247 e. The van der Waals surface area contributed by atoms with Crippen molar-refractivity contribution in [2.24, 2.45) is 0 Å². The van der Waals surface area contributed by atoms with Crippen LogP contribution in [-0.2, 0) is 14.6 Å². The van der Waals surface area contributed by atoms with E-state index in [-0.39, 0.29) is 5.89 Å². The molecule has 1 aromatic carbocycles. The SMILES string of the molecule is CC(C)(c1nc(-c2ccc(N)cc2)no1)S(C)(=O)=O. The van der Waals surface area contributed by atoms with Crippen LogP contribution < -0.4 is 5.73 Å². The molecule has 102 valence electrons. The second kappa shape index (κ2) is 4.34.